The van der Waals surface area contributed by atoms with Gasteiger partial charge in [0, 0.05) is 10.8 Å². The molecule has 1 fully saturated rings. The first-order chi connectivity index (χ1) is 10.8. The molecule has 130 valence electrons. The van der Waals surface area contributed by atoms with Crippen LogP contribution in [0.3, 0.4) is 0 Å². The van der Waals surface area contributed by atoms with Gasteiger partial charge in [0.1, 0.15) is 0 Å². The zero-order valence-electron chi connectivity index (χ0n) is 13.5. The number of hydrogen-bond acceptors (Lipinski definition) is 2. The quantitative estimate of drug-likeness (QED) is 0.767. The molecular formula is C17H24F3NOS. The smallest absolute Gasteiger partial charge is 0.348 e. The highest BCUT2D eigenvalue weighted by Crippen LogP contribution is 2.40. The van der Waals surface area contributed by atoms with Gasteiger partial charge >= 0.3 is 6.18 Å². The zero-order valence-corrected chi connectivity index (χ0v) is 14.3. The molecule has 6 heteroatoms. The van der Waals surface area contributed by atoms with Gasteiger partial charge < -0.3 is 5.32 Å². The van der Waals surface area contributed by atoms with E-state index in [0.717, 1.165) is 11.3 Å². The van der Waals surface area contributed by atoms with Crippen LogP contribution in [0.25, 0.3) is 0 Å². The molecule has 0 spiro atoms. The summed E-state index contributed by atoms with van der Waals surface area (Å²) in [5.41, 5.74) is 0. The lowest BCUT2D eigenvalue weighted by molar-refractivity contribution is -0.186. The fraction of sp³-hybridized carbons (Fsp3) is 0.706. The van der Waals surface area contributed by atoms with Gasteiger partial charge in [-0.3, -0.25) is 4.79 Å². The third kappa shape index (κ3) is 5.23. The Kier molecular flexibility index (Phi) is 6.12. The number of halogens is 3. The van der Waals surface area contributed by atoms with E-state index in [9.17, 15) is 18.0 Å². The molecule has 0 saturated heterocycles. The maximum atomic E-state index is 12.9. The molecule has 1 aliphatic rings. The predicted molar refractivity (Wildman–Crippen MR) is 86.2 cm³/mol. The highest BCUT2D eigenvalue weighted by molar-refractivity contribution is 7.10. The van der Waals surface area contributed by atoms with Crippen LogP contribution in [0, 0.1) is 17.8 Å². The third-order valence-corrected chi connectivity index (χ3v) is 5.40. The van der Waals surface area contributed by atoms with Crippen LogP contribution < -0.4 is 5.32 Å². The summed E-state index contributed by atoms with van der Waals surface area (Å²) < 4.78 is 38.7. The molecule has 2 rings (SSSR count). The van der Waals surface area contributed by atoms with Crippen LogP contribution in [0.2, 0.25) is 0 Å². The summed E-state index contributed by atoms with van der Waals surface area (Å²) >= 11 is 1.57. The Morgan fingerprint density at radius 3 is 2.70 bits per heavy atom. The first-order valence-corrected chi connectivity index (χ1v) is 9.05. The summed E-state index contributed by atoms with van der Waals surface area (Å²) in [4.78, 5) is 13.5. The van der Waals surface area contributed by atoms with Crippen molar-refractivity contribution in [2.45, 2.75) is 58.2 Å². The number of rotatable bonds is 5. The number of nitrogens with one attached hydrogen (secondary N) is 1. The zero-order chi connectivity index (χ0) is 17.0. The van der Waals surface area contributed by atoms with E-state index in [4.69, 9.17) is 0 Å². The predicted octanol–water partition coefficient (Wildman–Crippen LogP) is 5.32. The molecule has 1 aromatic heterocycles. The summed E-state index contributed by atoms with van der Waals surface area (Å²) in [5.74, 6) is -1.68. The minimum atomic E-state index is -4.19. The van der Waals surface area contributed by atoms with Crippen molar-refractivity contribution in [3.8, 4) is 0 Å². The van der Waals surface area contributed by atoms with E-state index < -0.39 is 18.0 Å². The Labute approximate surface area is 139 Å². The number of thiophene rings is 1. The second-order valence-corrected chi connectivity index (χ2v) is 7.79. The van der Waals surface area contributed by atoms with Crippen LogP contribution in [-0.2, 0) is 4.79 Å². The van der Waals surface area contributed by atoms with Gasteiger partial charge in [0.2, 0.25) is 5.91 Å². The molecule has 0 bridgehead atoms. The Hall–Kier alpha value is -1.04. The molecule has 1 aromatic rings. The van der Waals surface area contributed by atoms with Gasteiger partial charge in [0.05, 0.1) is 12.0 Å². The lowest BCUT2D eigenvalue weighted by atomic mass is 9.80. The van der Waals surface area contributed by atoms with Gasteiger partial charge in [0.15, 0.2) is 0 Å². The van der Waals surface area contributed by atoms with Crippen molar-refractivity contribution in [1.82, 2.24) is 5.32 Å². The first-order valence-electron chi connectivity index (χ1n) is 8.18. The summed E-state index contributed by atoms with van der Waals surface area (Å²) in [7, 11) is 0. The molecule has 0 aromatic carbocycles. The van der Waals surface area contributed by atoms with Crippen molar-refractivity contribution in [1.29, 1.82) is 0 Å². The number of carbonyl (C=O) groups is 1. The topological polar surface area (TPSA) is 29.1 Å². The fourth-order valence-corrected chi connectivity index (χ4v) is 4.01. The summed E-state index contributed by atoms with van der Waals surface area (Å²) in [5, 5.41) is 4.95. The molecule has 23 heavy (non-hydrogen) atoms. The first kappa shape index (κ1) is 18.3. The Morgan fingerprint density at radius 2 is 2.13 bits per heavy atom. The highest BCUT2D eigenvalue weighted by atomic mass is 32.1. The van der Waals surface area contributed by atoms with Crippen molar-refractivity contribution in [2.24, 2.45) is 17.8 Å². The van der Waals surface area contributed by atoms with E-state index in [1.54, 1.807) is 11.3 Å². The molecule has 1 heterocycles. The Bertz CT molecular complexity index is 498. The summed E-state index contributed by atoms with van der Waals surface area (Å²) in [6.45, 7) is 4.15. The molecule has 2 nitrogen and oxygen atoms in total. The van der Waals surface area contributed by atoms with E-state index in [1.165, 1.54) is 0 Å². The monoisotopic (exact) mass is 347 g/mol. The van der Waals surface area contributed by atoms with Gasteiger partial charge in [-0.15, -0.1) is 11.3 Å². The summed E-state index contributed by atoms with van der Waals surface area (Å²) in [6.07, 6.45) is -2.30. The molecule has 1 saturated carbocycles. The van der Waals surface area contributed by atoms with Crippen LogP contribution in [-0.4, -0.2) is 12.1 Å². The molecule has 1 aliphatic carbocycles. The van der Waals surface area contributed by atoms with Gasteiger partial charge in [-0.05, 0) is 43.0 Å². The standard InChI is InChI=1S/C17H24F3NOS/c1-11(2)9-14(15-7-4-8-23-15)21-16(22)12-5-3-6-13(10-12)17(18,19)20/h4,7-8,11-14H,3,5-6,9-10H2,1-2H3,(H,21,22). The maximum absolute atomic E-state index is 12.9. The van der Waals surface area contributed by atoms with Crippen molar-refractivity contribution >= 4 is 17.2 Å². The van der Waals surface area contributed by atoms with E-state index in [0.29, 0.717) is 18.8 Å². The van der Waals surface area contributed by atoms with E-state index in [-0.39, 0.29) is 24.8 Å². The number of alkyl halides is 3. The third-order valence-electron chi connectivity index (χ3n) is 4.42. The minimum Gasteiger partial charge on any atom is -0.348 e. The van der Waals surface area contributed by atoms with Crippen LogP contribution in [0.15, 0.2) is 17.5 Å². The van der Waals surface area contributed by atoms with Gasteiger partial charge in [-0.1, -0.05) is 26.3 Å². The number of amides is 1. The van der Waals surface area contributed by atoms with E-state index in [1.807, 2.05) is 17.5 Å². The van der Waals surface area contributed by atoms with Gasteiger partial charge in [0.25, 0.3) is 0 Å². The molecule has 1 amide bonds. The number of hydrogen-bond donors (Lipinski definition) is 1. The second kappa shape index (κ2) is 7.69. The van der Waals surface area contributed by atoms with E-state index >= 15 is 0 Å². The van der Waals surface area contributed by atoms with Crippen LogP contribution in [0.5, 0.6) is 0 Å². The van der Waals surface area contributed by atoms with Crippen LogP contribution in [0.4, 0.5) is 13.2 Å². The average molecular weight is 347 g/mol. The lowest BCUT2D eigenvalue weighted by Crippen LogP contribution is -2.39. The Morgan fingerprint density at radius 1 is 1.39 bits per heavy atom. The fourth-order valence-electron chi connectivity index (χ4n) is 3.22. The molecule has 3 unspecified atom stereocenters. The molecule has 0 aliphatic heterocycles. The maximum Gasteiger partial charge on any atom is 0.391 e. The number of carbonyl (C=O) groups excluding carboxylic acids is 1. The minimum absolute atomic E-state index is 0.0752. The Balaban J connectivity index is 2.01. The largest absolute Gasteiger partial charge is 0.391 e. The van der Waals surface area contributed by atoms with Crippen molar-refractivity contribution in [3.05, 3.63) is 22.4 Å². The van der Waals surface area contributed by atoms with Crippen molar-refractivity contribution < 1.29 is 18.0 Å². The lowest BCUT2D eigenvalue weighted by Gasteiger charge is -2.31. The van der Waals surface area contributed by atoms with Gasteiger partial charge in [-0.25, -0.2) is 0 Å². The normalized spacial score (nSPS) is 23.7. The molecule has 1 N–H and O–H groups in total. The molecular weight excluding hydrogens is 323 g/mol. The highest BCUT2D eigenvalue weighted by Gasteiger charge is 2.43. The SMILES string of the molecule is CC(C)CC(NC(=O)C1CCCC(C(F)(F)F)C1)c1cccs1. The van der Waals surface area contributed by atoms with Gasteiger partial charge in [-0.2, -0.15) is 13.2 Å². The summed E-state index contributed by atoms with van der Waals surface area (Å²) in [6, 6.07) is 3.80. The average Bonchev–Trinajstić information content (AvgIpc) is 2.99. The van der Waals surface area contributed by atoms with Crippen LogP contribution in [0.1, 0.15) is 56.9 Å². The van der Waals surface area contributed by atoms with Crippen molar-refractivity contribution in [2.75, 3.05) is 0 Å². The molecule has 3 atom stereocenters. The molecule has 0 radical (unpaired) electrons. The second-order valence-electron chi connectivity index (χ2n) is 6.81. The van der Waals surface area contributed by atoms with E-state index in [2.05, 4.69) is 19.2 Å². The van der Waals surface area contributed by atoms with Crippen LogP contribution >= 0.6 is 11.3 Å². The van der Waals surface area contributed by atoms with Crippen molar-refractivity contribution in [3.63, 3.8) is 0 Å².